The lowest BCUT2D eigenvalue weighted by Crippen LogP contribution is -2.19. The monoisotopic (exact) mass is 340 g/mol. The van der Waals surface area contributed by atoms with Crippen molar-refractivity contribution >= 4 is 46.8 Å². The van der Waals surface area contributed by atoms with Gasteiger partial charge >= 0.3 is 0 Å². The lowest BCUT2D eigenvalue weighted by Gasteiger charge is -2.02. The van der Waals surface area contributed by atoms with E-state index in [1.807, 2.05) is 30.3 Å². The fourth-order valence-electron chi connectivity index (χ4n) is 1.42. The third-order valence-corrected chi connectivity index (χ3v) is 4.58. The van der Waals surface area contributed by atoms with Crippen LogP contribution >= 0.6 is 34.7 Å². The molecular formula is C14H13ClN2O2S2. The van der Waals surface area contributed by atoms with Crippen molar-refractivity contribution in [2.75, 3.05) is 12.9 Å². The van der Waals surface area contributed by atoms with Crippen molar-refractivity contribution in [2.45, 2.75) is 4.90 Å². The zero-order valence-electron chi connectivity index (χ0n) is 11.2. The number of thioether (sulfide) groups is 1. The molecule has 2 rings (SSSR count). The molecule has 21 heavy (non-hydrogen) atoms. The Morgan fingerprint density at radius 3 is 2.76 bits per heavy atom. The predicted molar refractivity (Wildman–Crippen MR) is 88.8 cm³/mol. The van der Waals surface area contributed by atoms with E-state index >= 15 is 0 Å². The first-order chi connectivity index (χ1) is 10.2. The van der Waals surface area contributed by atoms with Gasteiger partial charge in [0.1, 0.15) is 5.75 Å². The van der Waals surface area contributed by atoms with Crippen molar-refractivity contribution in [1.29, 1.82) is 0 Å². The SMILES string of the molecule is COc1ccc(SCC(=O)N/N=C/c2ccc(Cl)s2)cc1. The minimum atomic E-state index is -0.158. The maximum atomic E-state index is 11.6. The van der Waals surface area contributed by atoms with Crippen LogP contribution in [0.2, 0.25) is 4.34 Å². The fourth-order valence-corrected chi connectivity index (χ4v) is 3.04. The number of thiophene rings is 1. The molecule has 0 aliphatic rings. The van der Waals surface area contributed by atoms with E-state index in [0.29, 0.717) is 10.1 Å². The number of nitrogens with one attached hydrogen (secondary N) is 1. The van der Waals surface area contributed by atoms with Gasteiger partial charge in [-0.05, 0) is 36.4 Å². The summed E-state index contributed by atoms with van der Waals surface area (Å²) < 4.78 is 5.77. The summed E-state index contributed by atoms with van der Waals surface area (Å²) >= 11 is 8.64. The molecule has 1 aromatic carbocycles. The topological polar surface area (TPSA) is 50.7 Å². The molecule has 1 N–H and O–H groups in total. The van der Waals surface area contributed by atoms with Crippen LogP contribution in [0.25, 0.3) is 0 Å². The summed E-state index contributed by atoms with van der Waals surface area (Å²) in [6, 6.07) is 11.2. The van der Waals surface area contributed by atoms with Crippen LogP contribution in [-0.2, 0) is 4.79 Å². The van der Waals surface area contributed by atoms with Gasteiger partial charge in [0.05, 0.1) is 23.4 Å². The number of hydrazone groups is 1. The smallest absolute Gasteiger partial charge is 0.250 e. The van der Waals surface area contributed by atoms with Gasteiger partial charge in [-0.15, -0.1) is 23.1 Å². The molecule has 2 aromatic rings. The summed E-state index contributed by atoms with van der Waals surface area (Å²) in [7, 11) is 1.62. The molecule has 1 aromatic heterocycles. The van der Waals surface area contributed by atoms with Crippen LogP contribution in [0, 0.1) is 0 Å². The normalized spacial score (nSPS) is 10.8. The minimum Gasteiger partial charge on any atom is -0.497 e. The Bertz CT molecular complexity index is 626. The summed E-state index contributed by atoms with van der Waals surface area (Å²) in [5.74, 6) is 0.937. The number of amides is 1. The summed E-state index contributed by atoms with van der Waals surface area (Å²) in [5.41, 5.74) is 2.48. The van der Waals surface area contributed by atoms with Crippen molar-refractivity contribution in [3.63, 3.8) is 0 Å². The predicted octanol–water partition coefficient (Wildman–Crippen LogP) is 3.65. The van der Waals surface area contributed by atoms with E-state index in [4.69, 9.17) is 16.3 Å². The second kappa shape index (κ2) is 8.07. The van der Waals surface area contributed by atoms with E-state index in [9.17, 15) is 4.79 Å². The van der Waals surface area contributed by atoms with Gasteiger partial charge in [-0.3, -0.25) is 4.79 Å². The van der Waals surface area contributed by atoms with Crippen LogP contribution in [0.5, 0.6) is 5.75 Å². The van der Waals surface area contributed by atoms with Gasteiger partial charge in [0.25, 0.3) is 0 Å². The van der Waals surface area contributed by atoms with Crippen molar-refractivity contribution in [3.8, 4) is 5.75 Å². The molecule has 0 atom stereocenters. The summed E-state index contributed by atoms with van der Waals surface area (Å²) in [6.07, 6.45) is 1.58. The summed E-state index contributed by atoms with van der Waals surface area (Å²) in [6.45, 7) is 0. The number of halogens is 1. The van der Waals surface area contributed by atoms with Crippen LogP contribution < -0.4 is 10.2 Å². The van der Waals surface area contributed by atoms with Crippen molar-refractivity contribution < 1.29 is 9.53 Å². The summed E-state index contributed by atoms with van der Waals surface area (Å²) in [5, 5.41) is 3.89. The number of hydrogen-bond donors (Lipinski definition) is 1. The number of hydrogen-bond acceptors (Lipinski definition) is 5. The number of methoxy groups -OCH3 is 1. The van der Waals surface area contributed by atoms with E-state index in [-0.39, 0.29) is 5.91 Å². The van der Waals surface area contributed by atoms with Crippen LogP contribution in [0.3, 0.4) is 0 Å². The Hall–Kier alpha value is -1.50. The van der Waals surface area contributed by atoms with E-state index in [0.717, 1.165) is 15.5 Å². The molecule has 1 heterocycles. The van der Waals surface area contributed by atoms with Crippen LogP contribution in [0.15, 0.2) is 46.4 Å². The highest BCUT2D eigenvalue weighted by atomic mass is 35.5. The molecule has 0 saturated heterocycles. The van der Waals surface area contributed by atoms with E-state index in [1.54, 1.807) is 19.4 Å². The highest BCUT2D eigenvalue weighted by molar-refractivity contribution is 8.00. The van der Waals surface area contributed by atoms with Crippen LogP contribution in [-0.4, -0.2) is 25.0 Å². The number of carbonyl (C=O) groups excluding carboxylic acids is 1. The Balaban J connectivity index is 1.75. The number of rotatable bonds is 6. The quantitative estimate of drug-likeness (QED) is 0.496. The van der Waals surface area contributed by atoms with Crippen molar-refractivity contribution in [1.82, 2.24) is 5.43 Å². The third kappa shape index (κ3) is 5.41. The molecule has 0 unspecified atom stereocenters. The number of benzene rings is 1. The average molecular weight is 341 g/mol. The standard InChI is InChI=1S/C14H13ClN2O2S2/c1-19-10-2-4-11(5-3-10)20-9-14(18)17-16-8-12-6-7-13(15)21-12/h2-8H,9H2,1H3,(H,17,18)/b16-8+. The van der Waals surface area contributed by atoms with E-state index in [2.05, 4.69) is 10.5 Å². The van der Waals surface area contributed by atoms with Crippen molar-refractivity contribution in [2.24, 2.45) is 5.10 Å². The Kier molecular flexibility index (Phi) is 6.10. The van der Waals surface area contributed by atoms with Crippen LogP contribution in [0.4, 0.5) is 0 Å². The molecule has 0 radical (unpaired) electrons. The number of nitrogens with zero attached hydrogens (tertiary/aromatic N) is 1. The lowest BCUT2D eigenvalue weighted by molar-refractivity contribution is -0.118. The second-order valence-electron chi connectivity index (χ2n) is 3.90. The van der Waals surface area contributed by atoms with Gasteiger partial charge in [-0.1, -0.05) is 11.6 Å². The van der Waals surface area contributed by atoms with Gasteiger partial charge in [0, 0.05) is 9.77 Å². The molecule has 0 spiro atoms. The van der Waals surface area contributed by atoms with Crippen molar-refractivity contribution in [3.05, 3.63) is 45.6 Å². The first-order valence-corrected chi connectivity index (χ1v) is 8.19. The zero-order chi connectivity index (χ0) is 15.1. The van der Waals surface area contributed by atoms with Gasteiger partial charge in [-0.2, -0.15) is 5.10 Å². The van der Waals surface area contributed by atoms with Gasteiger partial charge in [0.2, 0.25) is 5.91 Å². The molecule has 110 valence electrons. The largest absolute Gasteiger partial charge is 0.497 e. The summed E-state index contributed by atoms with van der Waals surface area (Å²) in [4.78, 5) is 13.5. The maximum Gasteiger partial charge on any atom is 0.250 e. The molecule has 4 nitrogen and oxygen atoms in total. The zero-order valence-corrected chi connectivity index (χ0v) is 13.6. The van der Waals surface area contributed by atoms with Crippen LogP contribution in [0.1, 0.15) is 4.88 Å². The lowest BCUT2D eigenvalue weighted by atomic mass is 10.3. The molecule has 7 heteroatoms. The minimum absolute atomic E-state index is 0.158. The maximum absolute atomic E-state index is 11.6. The molecule has 0 fully saturated rings. The number of ether oxygens (including phenoxy) is 1. The molecule has 0 aliphatic heterocycles. The van der Waals surface area contributed by atoms with E-state index < -0.39 is 0 Å². The molecule has 0 bridgehead atoms. The molecular weight excluding hydrogens is 328 g/mol. The van der Waals surface area contributed by atoms with Gasteiger partial charge in [0.15, 0.2) is 0 Å². The first kappa shape index (κ1) is 15.9. The second-order valence-corrected chi connectivity index (χ2v) is 6.69. The number of carbonyl (C=O) groups is 1. The van der Waals surface area contributed by atoms with Gasteiger partial charge < -0.3 is 4.74 Å². The average Bonchev–Trinajstić information content (AvgIpc) is 2.91. The molecule has 0 aliphatic carbocycles. The van der Waals surface area contributed by atoms with E-state index in [1.165, 1.54) is 23.1 Å². The Morgan fingerprint density at radius 1 is 1.38 bits per heavy atom. The fraction of sp³-hybridized carbons (Fsp3) is 0.143. The highest BCUT2D eigenvalue weighted by Crippen LogP contribution is 2.21. The highest BCUT2D eigenvalue weighted by Gasteiger charge is 2.02. The Labute approximate surface area is 136 Å². The third-order valence-electron chi connectivity index (χ3n) is 2.40. The molecule has 1 amide bonds. The Morgan fingerprint density at radius 2 is 2.14 bits per heavy atom. The first-order valence-electron chi connectivity index (χ1n) is 6.01. The van der Waals surface area contributed by atoms with Gasteiger partial charge in [-0.25, -0.2) is 5.43 Å². The molecule has 0 saturated carbocycles.